The molecule has 172 valence electrons. The normalized spacial score (nSPS) is 20.2. The molecule has 1 heterocycles. The fraction of sp³-hybridized carbons (Fsp3) is 0.522. The molecule has 0 aliphatic heterocycles. The summed E-state index contributed by atoms with van der Waals surface area (Å²) in [5, 5.41) is 10.2. The summed E-state index contributed by atoms with van der Waals surface area (Å²) >= 11 is 12.3. The summed E-state index contributed by atoms with van der Waals surface area (Å²) in [7, 11) is 4.08. The monoisotopic (exact) mass is 476 g/mol. The van der Waals surface area contributed by atoms with Crippen LogP contribution in [0, 0.1) is 0 Å². The van der Waals surface area contributed by atoms with E-state index in [-0.39, 0.29) is 12.1 Å². The summed E-state index contributed by atoms with van der Waals surface area (Å²) in [5.74, 6) is 1.75. The Morgan fingerprint density at radius 1 is 1.00 bits per heavy atom. The maximum Gasteiger partial charge on any atom is 0.319 e. The zero-order valence-corrected chi connectivity index (χ0v) is 20.1. The number of nitrogens with zero attached hydrogens (tertiary/aromatic N) is 3. The van der Waals surface area contributed by atoms with Gasteiger partial charge in [0.25, 0.3) is 0 Å². The van der Waals surface area contributed by atoms with Crippen LogP contribution in [-0.4, -0.2) is 42.2 Å². The van der Waals surface area contributed by atoms with E-state index in [2.05, 4.69) is 20.9 Å². The Labute approximate surface area is 199 Å². The zero-order chi connectivity index (χ0) is 22.7. The first kappa shape index (κ1) is 22.9. The third kappa shape index (κ3) is 5.38. The summed E-state index contributed by atoms with van der Waals surface area (Å²) in [6, 6.07) is 5.26. The van der Waals surface area contributed by atoms with Gasteiger partial charge in [-0.3, -0.25) is 0 Å². The molecular weight excluding hydrogens is 447 g/mol. The molecule has 2 aliphatic rings. The van der Waals surface area contributed by atoms with Crippen LogP contribution in [-0.2, 0) is 12.8 Å². The van der Waals surface area contributed by atoms with E-state index in [4.69, 9.17) is 33.2 Å². The minimum Gasteiger partial charge on any atom is -0.362 e. The van der Waals surface area contributed by atoms with Crippen LogP contribution in [0.5, 0.6) is 0 Å². The Balaban J connectivity index is 1.31. The minimum absolute atomic E-state index is 0.108. The van der Waals surface area contributed by atoms with Gasteiger partial charge >= 0.3 is 6.03 Å². The molecular formula is C23H30Cl2N6O. The van der Waals surface area contributed by atoms with Crippen molar-refractivity contribution >= 4 is 46.7 Å². The number of urea groups is 1. The van der Waals surface area contributed by atoms with Crippen molar-refractivity contribution in [3.63, 3.8) is 0 Å². The summed E-state index contributed by atoms with van der Waals surface area (Å²) in [6.07, 6.45) is 8.12. The molecule has 0 atom stereocenters. The molecule has 1 aromatic heterocycles. The van der Waals surface area contributed by atoms with E-state index in [1.807, 2.05) is 14.1 Å². The Hall–Kier alpha value is -2.25. The number of aryl methyl sites for hydroxylation is 1. The molecule has 1 fully saturated rings. The Kier molecular flexibility index (Phi) is 7.26. The molecule has 3 N–H and O–H groups in total. The van der Waals surface area contributed by atoms with Crippen molar-refractivity contribution in [3.8, 4) is 0 Å². The van der Waals surface area contributed by atoms with Crippen LogP contribution >= 0.6 is 23.2 Å². The summed E-state index contributed by atoms with van der Waals surface area (Å²) < 4.78 is 0. The van der Waals surface area contributed by atoms with Gasteiger partial charge in [0.05, 0.1) is 21.4 Å². The van der Waals surface area contributed by atoms with Crippen molar-refractivity contribution < 1.29 is 4.79 Å². The average Bonchev–Trinajstić information content (AvgIpc) is 2.77. The van der Waals surface area contributed by atoms with Gasteiger partial charge in [0.1, 0.15) is 5.82 Å². The molecule has 0 bridgehead atoms. The number of rotatable bonds is 5. The van der Waals surface area contributed by atoms with Crippen molar-refractivity contribution in [1.29, 1.82) is 0 Å². The molecule has 2 aliphatic carbocycles. The van der Waals surface area contributed by atoms with Gasteiger partial charge in [-0.15, -0.1) is 0 Å². The Morgan fingerprint density at radius 2 is 1.66 bits per heavy atom. The second-order valence-corrected chi connectivity index (χ2v) is 9.60. The van der Waals surface area contributed by atoms with E-state index in [1.165, 1.54) is 24.1 Å². The predicted octanol–water partition coefficient (Wildman–Crippen LogP) is 5.27. The van der Waals surface area contributed by atoms with Crippen molar-refractivity contribution in [2.75, 3.05) is 29.6 Å². The lowest BCUT2D eigenvalue weighted by Crippen LogP contribution is -2.42. The fourth-order valence-corrected chi connectivity index (χ4v) is 5.02. The molecule has 1 saturated carbocycles. The topological polar surface area (TPSA) is 82.2 Å². The molecule has 7 nitrogen and oxygen atoms in total. The standard InChI is InChI=1S/C23H30Cl2N6O/c1-31(2)21-16-6-3-4-9-19(16)28-22(30-21)26-14-10-12-15(13-11-14)27-23(32)29-20-17(24)7-5-8-18(20)25/h5,7-8,14-15H,3-4,6,9-13H2,1-2H3,(H,26,28,30)(H2,27,29,32). The molecule has 2 aromatic rings. The number of aromatic nitrogens is 2. The number of amides is 2. The number of halogens is 2. The highest BCUT2D eigenvalue weighted by atomic mass is 35.5. The van der Waals surface area contributed by atoms with Gasteiger partial charge in [-0.1, -0.05) is 29.3 Å². The number of hydrogen-bond acceptors (Lipinski definition) is 5. The van der Waals surface area contributed by atoms with E-state index in [0.717, 1.165) is 50.3 Å². The molecule has 0 radical (unpaired) electrons. The second-order valence-electron chi connectivity index (χ2n) is 8.79. The summed E-state index contributed by atoms with van der Waals surface area (Å²) in [4.78, 5) is 24.1. The SMILES string of the molecule is CN(C)c1nc(NC2CCC(NC(=O)Nc3c(Cl)cccc3Cl)CC2)nc2c1CCCC2. The van der Waals surface area contributed by atoms with Crippen LogP contribution in [0.1, 0.15) is 49.8 Å². The largest absolute Gasteiger partial charge is 0.362 e. The smallest absolute Gasteiger partial charge is 0.319 e. The zero-order valence-electron chi connectivity index (χ0n) is 18.5. The van der Waals surface area contributed by atoms with Crippen LogP contribution in [0.3, 0.4) is 0 Å². The van der Waals surface area contributed by atoms with Gasteiger partial charge < -0.3 is 20.9 Å². The Bertz CT molecular complexity index is 955. The van der Waals surface area contributed by atoms with Crippen LogP contribution in [0.2, 0.25) is 10.0 Å². The number of nitrogens with one attached hydrogen (secondary N) is 3. The lowest BCUT2D eigenvalue weighted by molar-refractivity contribution is 0.243. The quantitative estimate of drug-likeness (QED) is 0.547. The van der Waals surface area contributed by atoms with E-state index < -0.39 is 0 Å². The molecule has 1 aromatic carbocycles. The summed E-state index contributed by atoms with van der Waals surface area (Å²) in [6.45, 7) is 0. The first-order valence-corrected chi connectivity index (χ1v) is 12.0. The van der Waals surface area contributed by atoms with Gasteiger partial charge in [0.2, 0.25) is 5.95 Å². The van der Waals surface area contributed by atoms with Gasteiger partial charge in [-0.05, 0) is 63.5 Å². The Morgan fingerprint density at radius 3 is 2.34 bits per heavy atom. The third-order valence-corrected chi connectivity index (χ3v) is 6.81. The molecule has 2 amide bonds. The molecule has 9 heteroatoms. The van der Waals surface area contributed by atoms with Crippen molar-refractivity contribution in [2.45, 2.75) is 63.5 Å². The maximum atomic E-state index is 12.4. The van der Waals surface area contributed by atoms with E-state index in [0.29, 0.717) is 21.8 Å². The number of carbonyl (C=O) groups is 1. The molecule has 0 spiro atoms. The molecule has 0 unspecified atom stereocenters. The second kappa shape index (κ2) is 10.1. The highest BCUT2D eigenvalue weighted by Crippen LogP contribution is 2.31. The van der Waals surface area contributed by atoms with E-state index >= 15 is 0 Å². The van der Waals surface area contributed by atoms with Crippen LogP contribution in [0.25, 0.3) is 0 Å². The number of benzene rings is 1. The number of para-hydroxylation sites is 1. The number of anilines is 3. The molecule has 32 heavy (non-hydrogen) atoms. The first-order chi connectivity index (χ1) is 15.4. The van der Waals surface area contributed by atoms with Crippen LogP contribution in [0.4, 0.5) is 22.2 Å². The van der Waals surface area contributed by atoms with Crippen LogP contribution in [0.15, 0.2) is 18.2 Å². The molecule has 0 saturated heterocycles. The van der Waals surface area contributed by atoms with Crippen molar-refractivity contribution in [3.05, 3.63) is 39.5 Å². The van der Waals surface area contributed by atoms with E-state index in [9.17, 15) is 4.79 Å². The highest BCUT2D eigenvalue weighted by molar-refractivity contribution is 6.39. The lowest BCUT2D eigenvalue weighted by Gasteiger charge is -2.30. The fourth-order valence-electron chi connectivity index (χ4n) is 4.53. The summed E-state index contributed by atoms with van der Waals surface area (Å²) in [5.41, 5.74) is 2.91. The number of fused-ring (bicyclic) bond motifs is 1. The first-order valence-electron chi connectivity index (χ1n) is 11.3. The van der Waals surface area contributed by atoms with Gasteiger partial charge in [-0.25, -0.2) is 9.78 Å². The average molecular weight is 477 g/mol. The third-order valence-electron chi connectivity index (χ3n) is 6.18. The highest BCUT2D eigenvalue weighted by Gasteiger charge is 2.25. The van der Waals surface area contributed by atoms with Gasteiger partial charge in [-0.2, -0.15) is 4.98 Å². The molecule has 4 rings (SSSR count). The number of carbonyl (C=O) groups excluding carboxylic acids is 1. The van der Waals surface area contributed by atoms with Crippen molar-refractivity contribution in [2.24, 2.45) is 0 Å². The maximum absolute atomic E-state index is 12.4. The lowest BCUT2D eigenvalue weighted by atomic mass is 9.91. The predicted molar refractivity (Wildman–Crippen MR) is 131 cm³/mol. The van der Waals surface area contributed by atoms with Crippen LogP contribution < -0.4 is 20.9 Å². The van der Waals surface area contributed by atoms with E-state index in [1.54, 1.807) is 18.2 Å². The number of hydrogen-bond donors (Lipinski definition) is 3. The van der Waals surface area contributed by atoms with Gasteiger partial charge in [0, 0.05) is 31.7 Å². The van der Waals surface area contributed by atoms with Crippen molar-refractivity contribution in [1.82, 2.24) is 15.3 Å². The van der Waals surface area contributed by atoms with Gasteiger partial charge in [0.15, 0.2) is 0 Å². The minimum atomic E-state index is -0.287.